The van der Waals surface area contributed by atoms with Gasteiger partial charge in [-0.25, -0.2) is 0 Å². The third-order valence-corrected chi connectivity index (χ3v) is 5.03. The summed E-state index contributed by atoms with van der Waals surface area (Å²) in [6, 6.07) is 20.8. The Morgan fingerprint density at radius 2 is 1.56 bits per heavy atom. The SMILES string of the molecule is CCNCC(CC)CCc1nc(C(c2ccccc2)c2ccccc2)no1. The molecule has 0 bridgehead atoms. The maximum atomic E-state index is 5.61. The average Bonchev–Trinajstić information content (AvgIpc) is 3.18. The van der Waals surface area contributed by atoms with Gasteiger partial charge in [0.25, 0.3) is 0 Å². The summed E-state index contributed by atoms with van der Waals surface area (Å²) in [6.45, 7) is 6.44. The fourth-order valence-electron chi connectivity index (χ4n) is 3.39. The summed E-state index contributed by atoms with van der Waals surface area (Å²) < 4.78 is 5.61. The number of nitrogens with one attached hydrogen (secondary N) is 1. The molecule has 4 heteroatoms. The van der Waals surface area contributed by atoms with Crippen LogP contribution in [0.3, 0.4) is 0 Å². The average molecular weight is 364 g/mol. The summed E-state index contributed by atoms with van der Waals surface area (Å²) in [4.78, 5) is 4.75. The fraction of sp³-hybridized carbons (Fsp3) is 0.391. The molecular weight excluding hydrogens is 334 g/mol. The van der Waals surface area contributed by atoms with E-state index >= 15 is 0 Å². The van der Waals surface area contributed by atoms with Gasteiger partial charge in [0, 0.05) is 6.42 Å². The third-order valence-electron chi connectivity index (χ3n) is 5.03. The zero-order valence-electron chi connectivity index (χ0n) is 16.3. The minimum atomic E-state index is -0.00590. The van der Waals surface area contributed by atoms with Crippen LogP contribution in [0.2, 0.25) is 0 Å². The minimum absolute atomic E-state index is 0.00590. The van der Waals surface area contributed by atoms with Crippen molar-refractivity contribution in [1.29, 1.82) is 0 Å². The van der Waals surface area contributed by atoms with Gasteiger partial charge in [-0.3, -0.25) is 0 Å². The van der Waals surface area contributed by atoms with E-state index in [1.807, 2.05) is 12.1 Å². The van der Waals surface area contributed by atoms with E-state index in [1.165, 1.54) is 11.1 Å². The number of aromatic nitrogens is 2. The van der Waals surface area contributed by atoms with Crippen molar-refractivity contribution in [1.82, 2.24) is 15.5 Å². The van der Waals surface area contributed by atoms with Crippen LogP contribution in [-0.2, 0) is 6.42 Å². The molecule has 0 fully saturated rings. The molecule has 0 aliphatic carbocycles. The second kappa shape index (κ2) is 10.0. The Morgan fingerprint density at radius 1 is 0.926 bits per heavy atom. The molecule has 1 unspecified atom stereocenters. The summed E-state index contributed by atoms with van der Waals surface area (Å²) in [5.74, 6) is 2.10. The second-order valence-electron chi connectivity index (χ2n) is 6.92. The highest BCUT2D eigenvalue weighted by Crippen LogP contribution is 2.30. The van der Waals surface area contributed by atoms with E-state index in [0.717, 1.165) is 44.1 Å². The molecule has 0 aliphatic rings. The minimum Gasteiger partial charge on any atom is -0.339 e. The summed E-state index contributed by atoms with van der Waals surface area (Å²) in [5.41, 5.74) is 2.35. The summed E-state index contributed by atoms with van der Waals surface area (Å²) in [6.07, 6.45) is 3.05. The molecular formula is C23H29N3O. The molecule has 1 aromatic heterocycles. The topological polar surface area (TPSA) is 51.0 Å². The van der Waals surface area contributed by atoms with Crippen molar-refractivity contribution in [3.8, 4) is 0 Å². The van der Waals surface area contributed by atoms with Gasteiger partial charge in [-0.1, -0.05) is 86.1 Å². The number of hydrogen-bond acceptors (Lipinski definition) is 4. The fourth-order valence-corrected chi connectivity index (χ4v) is 3.39. The molecule has 4 nitrogen and oxygen atoms in total. The highest BCUT2D eigenvalue weighted by Gasteiger charge is 2.22. The van der Waals surface area contributed by atoms with Crippen LogP contribution in [-0.4, -0.2) is 23.2 Å². The Hall–Kier alpha value is -2.46. The van der Waals surface area contributed by atoms with Gasteiger partial charge >= 0.3 is 0 Å². The van der Waals surface area contributed by atoms with Gasteiger partial charge in [-0.2, -0.15) is 4.98 Å². The van der Waals surface area contributed by atoms with E-state index in [2.05, 4.69) is 72.9 Å². The molecule has 0 spiro atoms. The molecule has 1 atom stereocenters. The van der Waals surface area contributed by atoms with E-state index in [4.69, 9.17) is 9.51 Å². The molecule has 0 amide bonds. The molecule has 3 rings (SSSR count). The van der Waals surface area contributed by atoms with Gasteiger partial charge in [-0.05, 0) is 36.6 Å². The summed E-state index contributed by atoms with van der Waals surface area (Å²) in [5, 5.41) is 7.77. The van der Waals surface area contributed by atoms with Crippen LogP contribution < -0.4 is 5.32 Å². The van der Waals surface area contributed by atoms with Crippen molar-refractivity contribution in [2.75, 3.05) is 13.1 Å². The lowest BCUT2D eigenvalue weighted by atomic mass is 9.91. The van der Waals surface area contributed by atoms with Crippen LogP contribution in [0.25, 0.3) is 0 Å². The van der Waals surface area contributed by atoms with Crippen LogP contribution in [0.4, 0.5) is 0 Å². The van der Waals surface area contributed by atoms with Crippen molar-refractivity contribution < 1.29 is 4.52 Å². The predicted octanol–water partition coefficient (Wildman–Crippen LogP) is 4.82. The molecule has 3 aromatic rings. The van der Waals surface area contributed by atoms with E-state index in [1.54, 1.807) is 0 Å². The highest BCUT2D eigenvalue weighted by atomic mass is 16.5. The first-order valence-electron chi connectivity index (χ1n) is 9.94. The number of nitrogens with zero attached hydrogens (tertiary/aromatic N) is 2. The summed E-state index contributed by atoms with van der Waals surface area (Å²) in [7, 11) is 0. The van der Waals surface area contributed by atoms with E-state index in [-0.39, 0.29) is 5.92 Å². The van der Waals surface area contributed by atoms with Crippen LogP contribution in [0.15, 0.2) is 65.2 Å². The van der Waals surface area contributed by atoms with E-state index in [9.17, 15) is 0 Å². The first-order chi connectivity index (χ1) is 13.3. The molecule has 0 aliphatic heterocycles. The number of rotatable bonds is 10. The molecule has 0 radical (unpaired) electrons. The van der Waals surface area contributed by atoms with Gasteiger partial charge in [-0.15, -0.1) is 0 Å². The van der Waals surface area contributed by atoms with Crippen molar-refractivity contribution >= 4 is 0 Å². The quantitative estimate of drug-likeness (QED) is 0.561. The Kier molecular flexibility index (Phi) is 7.17. The molecule has 142 valence electrons. The van der Waals surface area contributed by atoms with Crippen LogP contribution in [0.1, 0.15) is 55.4 Å². The standard InChI is InChI=1S/C23H29N3O/c1-3-18(17-24-4-2)15-16-21-25-23(26-27-21)22(19-11-7-5-8-12-19)20-13-9-6-10-14-20/h5-14,18,22,24H,3-4,15-17H2,1-2H3. The normalized spacial score (nSPS) is 12.4. The van der Waals surface area contributed by atoms with E-state index < -0.39 is 0 Å². The number of benzene rings is 2. The first-order valence-corrected chi connectivity index (χ1v) is 9.94. The lowest BCUT2D eigenvalue weighted by molar-refractivity contribution is 0.351. The smallest absolute Gasteiger partial charge is 0.226 e. The van der Waals surface area contributed by atoms with Gasteiger partial charge in [0.05, 0.1) is 5.92 Å². The van der Waals surface area contributed by atoms with Gasteiger partial charge in [0.15, 0.2) is 5.82 Å². The lowest BCUT2D eigenvalue weighted by Crippen LogP contribution is -2.22. The first kappa shape index (κ1) is 19.3. The lowest BCUT2D eigenvalue weighted by Gasteiger charge is -2.14. The Balaban J connectivity index is 1.77. The van der Waals surface area contributed by atoms with Gasteiger partial charge in [0.1, 0.15) is 0 Å². The van der Waals surface area contributed by atoms with Gasteiger partial charge < -0.3 is 9.84 Å². The maximum Gasteiger partial charge on any atom is 0.226 e. The van der Waals surface area contributed by atoms with Crippen LogP contribution in [0.5, 0.6) is 0 Å². The second-order valence-corrected chi connectivity index (χ2v) is 6.92. The van der Waals surface area contributed by atoms with Gasteiger partial charge in [0.2, 0.25) is 5.89 Å². The van der Waals surface area contributed by atoms with Crippen molar-refractivity contribution in [2.45, 2.75) is 39.0 Å². The Labute approximate surface area is 162 Å². The zero-order valence-corrected chi connectivity index (χ0v) is 16.3. The Bertz CT molecular complexity index is 746. The van der Waals surface area contributed by atoms with Crippen molar-refractivity contribution in [3.05, 3.63) is 83.5 Å². The molecule has 1 N–H and O–H groups in total. The summed E-state index contributed by atoms with van der Waals surface area (Å²) >= 11 is 0. The highest BCUT2D eigenvalue weighted by molar-refractivity contribution is 5.37. The molecule has 0 saturated carbocycles. The molecule has 2 aromatic carbocycles. The number of hydrogen-bond donors (Lipinski definition) is 1. The molecule has 0 saturated heterocycles. The van der Waals surface area contributed by atoms with Crippen LogP contribution >= 0.6 is 0 Å². The maximum absolute atomic E-state index is 5.61. The van der Waals surface area contributed by atoms with Crippen LogP contribution in [0, 0.1) is 5.92 Å². The monoisotopic (exact) mass is 363 g/mol. The van der Waals surface area contributed by atoms with Crippen molar-refractivity contribution in [3.63, 3.8) is 0 Å². The Morgan fingerprint density at radius 3 is 2.11 bits per heavy atom. The third kappa shape index (κ3) is 5.27. The predicted molar refractivity (Wildman–Crippen MR) is 109 cm³/mol. The molecule has 27 heavy (non-hydrogen) atoms. The van der Waals surface area contributed by atoms with E-state index in [0.29, 0.717) is 5.92 Å². The number of aryl methyl sites for hydroxylation is 1. The molecule has 1 heterocycles. The largest absolute Gasteiger partial charge is 0.339 e. The van der Waals surface area contributed by atoms with Crippen molar-refractivity contribution in [2.24, 2.45) is 5.92 Å². The zero-order chi connectivity index (χ0) is 18.9.